The Bertz CT molecular complexity index is 266. The summed E-state index contributed by atoms with van der Waals surface area (Å²) in [7, 11) is 0. The van der Waals surface area contributed by atoms with Crippen LogP contribution in [0.1, 0.15) is 51.4 Å². The molecule has 3 aliphatic carbocycles. The number of carbonyl (C=O) groups excluding carboxylic acids is 1. The molecule has 0 saturated heterocycles. The molecule has 3 heteroatoms. The molecule has 0 unspecified atom stereocenters. The van der Waals surface area contributed by atoms with Crippen LogP contribution in [0.25, 0.3) is 0 Å². The molecule has 3 nitrogen and oxygen atoms in total. The first kappa shape index (κ1) is 11.4. The summed E-state index contributed by atoms with van der Waals surface area (Å²) in [4.78, 5) is 11.8. The first-order chi connectivity index (χ1) is 8.33. The average Bonchev–Trinajstić information content (AvgIpc) is 3.22. The monoisotopic (exact) mass is 236 g/mol. The van der Waals surface area contributed by atoms with Crippen molar-refractivity contribution in [1.82, 2.24) is 10.6 Å². The van der Waals surface area contributed by atoms with Gasteiger partial charge in [-0.3, -0.25) is 0 Å². The van der Waals surface area contributed by atoms with Gasteiger partial charge in [-0.15, -0.1) is 0 Å². The molecule has 0 aromatic heterocycles. The van der Waals surface area contributed by atoms with Gasteiger partial charge in [0.05, 0.1) is 0 Å². The lowest BCUT2D eigenvalue weighted by Gasteiger charge is -2.18. The van der Waals surface area contributed by atoms with E-state index < -0.39 is 0 Å². The maximum Gasteiger partial charge on any atom is 0.315 e. The van der Waals surface area contributed by atoms with Crippen LogP contribution in [0.2, 0.25) is 0 Å². The van der Waals surface area contributed by atoms with Gasteiger partial charge in [0.25, 0.3) is 0 Å². The van der Waals surface area contributed by atoms with Gasteiger partial charge < -0.3 is 10.6 Å². The molecule has 3 fully saturated rings. The molecule has 0 bridgehead atoms. The van der Waals surface area contributed by atoms with Gasteiger partial charge in [-0.2, -0.15) is 0 Å². The van der Waals surface area contributed by atoms with Crippen LogP contribution in [0.3, 0.4) is 0 Å². The molecule has 0 heterocycles. The highest BCUT2D eigenvalue weighted by Crippen LogP contribution is 2.48. The zero-order chi connectivity index (χ0) is 11.7. The van der Waals surface area contributed by atoms with Crippen LogP contribution < -0.4 is 10.6 Å². The maximum atomic E-state index is 11.8. The third-order valence-electron chi connectivity index (χ3n) is 4.64. The Hall–Kier alpha value is -0.730. The van der Waals surface area contributed by atoms with E-state index in [2.05, 4.69) is 10.6 Å². The predicted molar refractivity (Wildman–Crippen MR) is 67.7 cm³/mol. The van der Waals surface area contributed by atoms with Gasteiger partial charge in [0.1, 0.15) is 0 Å². The third-order valence-corrected chi connectivity index (χ3v) is 4.64. The van der Waals surface area contributed by atoms with Crippen molar-refractivity contribution < 1.29 is 4.79 Å². The predicted octanol–water partition coefficient (Wildman–Crippen LogP) is 2.66. The van der Waals surface area contributed by atoms with Crippen LogP contribution in [0, 0.1) is 17.8 Å². The Kier molecular flexibility index (Phi) is 3.26. The molecule has 2 amide bonds. The molecule has 0 atom stereocenters. The summed E-state index contributed by atoms with van der Waals surface area (Å²) in [6, 6.07) is 0.512. The molecule has 0 aliphatic heterocycles. The highest BCUT2D eigenvalue weighted by molar-refractivity contribution is 5.74. The van der Waals surface area contributed by atoms with E-state index in [9.17, 15) is 4.79 Å². The molecule has 96 valence electrons. The van der Waals surface area contributed by atoms with E-state index in [1.807, 2.05) is 0 Å². The van der Waals surface area contributed by atoms with Crippen molar-refractivity contribution in [2.75, 3.05) is 6.54 Å². The second kappa shape index (κ2) is 4.87. The molecule has 3 rings (SSSR count). The van der Waals surface area contributed by atoms with Crippen molar-refractivity contribution in [3.63, 3.8) is 0 Å². The van der Waals surface area contributed by atoms with E-state index in [-0.39, 0.29) is 6.03 Å². The molecular formula is C14H24N2O. The molecule has 0 radical (unpaired) electrons. The molecular weight excluding hydrogens is 212 g/mol. The Morgan fingerprint density at radius 1 is 1.00 bits per heavy atom. The summed E-state index contributed by atoms with van der Waals surface area (Å²) in [5.74, 6) is 2.63. The van der Waals surface area contributed by atoms with E-state index in [4.69, 9.17) is 0 Å². The van der Waals surface area contributed by atoms with Crippen molar-refractivity contribution in [2.45, 2.75) is 57.4 Å². The third kappa shape index (κ3) is 3.14. The lowest BCUT2D eigenvalue weighted by Crippen LogP contribution is -2.43. The summed E-state index contributed by atoms with van der Waals surface area (Å²) >= 11 is 0. The summed E-state index contributed by atoms with van der Waals surface area (Å²) in [5.41, 5.74) is 0. The van der Waals surface area contributed by atoms with Crippen LogP contribution in [0.5, 0.6) is 0 Å². The van der Waals surface area contributed by atoms with Gasteiger partial charge in [-0.25, -0.2) is 4.79 Å². The Labute approximate surface area is 104 Å². The Morgan fingerprint density at radius 2 is 1.59 bits per heavy atom. The first-order valence-electron chi connectivity index (χ1n) is 7.37. The first-order valence-corrected chi connectivity index (χ1v) is 7.37. The standard InChI is InChI=1S/C14H24N2O/c17-14(16-12-3-1-2-4-12)15-9-13(10-5-6-10)11-7-8-11/h10-13H,1-9H2,(H2,15,16,17). The smallest absolute Gasteiger partial charge is 0.315 e. The molecule has 0 aromatic carbocycles. The maximum absolute atomic E-state index is 11.8. The van der Waals surface area contributed by atoms with E-state index in [1.54, 1.807) is 0 Å². The fraction of sp³-hybridized carbons (Fsp3) is 0.929. The number of rotatable bonds is 5. The average molecular weight is 236 g/mol. The molecule has 0 spiro atoms. The SMILES string of the molecule is O=C(NCC(C1CC1)C1CC1)NC1CCCC1. The number of amides is 2. The topological polar surface area (TPSA) is 41.1 Å². The number of hydrogen-bond donors (Lipinski definition) is 2. The highest BCUT2D eigenvalue weighted by Gasteiger charge is 2.41. The number of hydrogen-bond acceptors (Lipinski definition) is 1. The van der Waals surface area contributed by atoms with Crippen molar-refractivity contribution in [3.8, 4) is 0 Å². The van der Waals surface area contributed by atoms with E-state index >= 15 is 0 Å². The summed E-state index contributed by atoms with van der Waals surface area (Å²) in [6.07, 6.45) is 10.5. The zero-order valence-corrected chi connectivity index (χ0v) is 10.6. The largest absolute Gasteiger partial charge is 0.338 e. The van der Waals surface area contributed by atoms with Crippen LogP contribution in [0.15, 0.2) is 0 Å². The number of urea groups is 1. The lowest BCUT2D eigenvalue weighted by molar-refractivity contribution is 0.233. The van der Waals surface area contributed by atoms with Gasteiger partial charge in [-0.1, -0.05) is 12.8 Å². The van der Waals surface area contributed by atoms with E-state index in [1.165, 1.54) is 51.4 Å². The molecule has 2 N–H and O–H groups in total. The number of carbonyl (C=O) groups is 1. The van der Waals surface area contributed by atoms with Crippen molar-refractivity contribution in [2.24, 2.45) is 17.8 Å². The van der Waals surface area contributed by atoms with Gasteiger partial charge >= 0.3 is 6.03 Å². The van der Waals surface area contributed by atoms with Crippen molar-refractivity contribution in [1.29, 1.82) is 0 Å². The molecule has 3 aliphatic rings. The minimum Gasteiger partial charge on any atom is -0.338 e. The van der Waals surface area contributed by atoms with Crippen LogP contribution >= 0.6 is 0 Å². The second-order valence-corrected chi connectivity index (χ2v) is 6.17. The fourth-order valence-electron chi connectivity index (χ4n) is 3.28. The number of nitrogens with one attached hydrogen (secondary N) is 2. The Morgan fingerprint density at radius 3 is 2.12 bits per heavy atom. The second-order valence-electron chi connectivity index (χ2n) is 6.17. The molecule has 0 aromatic rings. The van der Waals surface area contributed by atoms with Crippen LogP contribution in [-0.4, -0.2) is 18.6 Å². The van der Waals surface area contributed by atoms with Gasteiger partial charge in [0.15, 0.2) is 0 Å². The minimum atomic E-state index is 0.0724. The minimum absolute atomic E-state index is 0.0724. The Balaban J connectivity index is 1.38. The fourth-order valence-corrected chi connectivity index (χ4v) is 3.28. The quantitative estimate of drug-likeness (QED) is 0.757. The highest BCUT2D eigenvalue weighted by atomic mass is 16.2. The van der Waals surface area contributed by atoms with E-state index in [0.717, 1.165) is 24.3 Å². The zero-order valence-electron chi connectivity index (χ0n) is 10.6. The van der Waals surface area contributed by atoms with Crippen LogP contribution in [0.4, 0.5) is 4.79 Å². The van der Waals surface area contributed by atoms with Crippen LogP contribution in [-0.2, 0) is 0 Å². The van der Waals surface area contributed by atoms with Gasteiger partial charge in [0, 0.05) is 12.6 Å². The lowest BCUT2D eigenvalue weighted by atomic mass is 9.98. The molecule has 3 saturated carbocycles. The van der Waals surface area contributed by atoms with Crippen molar-refractivity contribution in [3.05, 3.63) is 0 Å². The normalized spacial score (nSPS) is 25.2. The molecule has 17 heavy (non-hydrogen) atoms. The van der Waals surface area contributed by atoms with Gasteiger partial charge in [-0.05, 0) is 56.3 Å². The van der Waals surface area contributed by atoms with Gasteiger partial charge in [0.2, 0.25) is 0 Å². The summed E-state index contributed by atoms with van der Waals surface area (Å²) in [5, 5.41) is 6.21. The van der Waals surface area contributed by atoms with Crippen molar-refractivity contribution >= 4 is 6.03 Å². The summed E-state index contributed by atoms with van der Waals surface area (Å²) < 4.78 is 0. The summed E-state index contributed by atoms with van der Waals surface area (Å²) in [6.45, 7) is 0.911. The van der Waals surface area contributed by atoms with E-state index in [0.29, 0.717) is 6.04 Å².